The van der Waals surface area contributed by atoms with E-state index in [4.69, 9.17) is 14.2 Å². The Kier molecular flexibility index (Phi) is 6.66. The number of rotatable bonds is 8. The van der Waals surface area contributed by atoms with Crippen LogP contribution in [-0.2, 0) is 19.0 Å². The molecule has 5 heteroatoms. The van der Waals surface area contributed by atoms with Gasteiger partial charge in [-0.1, -0.05) is 31.9 Å². The van der Waals surface area contributed by atoms with Crippen molar-refractivity contribution in [1.82, 2.24) is 0 Å². The van der Waals surface area contributed by atoms with Gasteiger partial charge in [-0.15, -0.1) is 0 Å². The molecule has 2 rings (SSSR count). The third kappa shape index (κ3) is 5.46. The van der Waals surface area contributed by atoms with E-state index in [0.717, 1.165) is 30.5 Å². The van der Waals surface area contributed by atoms with Crippen molar-refractivity contribution in [2.24, 2.45) is 0 Å². The Labute approximate surface area is 125 Å². The molecule has 1 saturated heterocycles. The van der Waals surface area contributed by atoms with E-state index in [1.54, 1.807) is 0 Å². The molecule has 0 radical (unpaired) electrons. The first-order valence-corrected chi connectivity index (χ1v) is 7.50. The maximum Gasteiger partial charge on any atom is 0.250 e. The second-order valence-electron chi connectivity index (χ2n) is 5.01. The first kappa shape index (κ1) is 15.9. The lowest BCUT2D eigenvalue weighted by atomic mass is 10.2. The van der Waals surface area contributed by atoms with Crippen molar-refractivity contribution < 1.29 is 19.0 Å². The number of hydrogen-bond donors (Lipinski definition) is 1. The van der Waals surface area contributed by atoms with Gasteiger partial charge in [-0.3, -0.25) is 4.79 Å². The first-order chi connectivity index (χ1) is 10.3. The Bertz CT molecular complexity index is 444. The molecule has 116 valence electrons. The Morgan fingerprint density at radius 3 is 2.90 bits per heavy atom. The van der Waals surface area contributed by atoms with Crippen LogP contribution in [0.2, 0.25) is 0 Å². The minimum Gasteiger partial charge on any atom is -0.372 e. The maximum absolute atomic E-state index is 11.8. The van der Waals surface area contributed by atoms with Crippen LogP contribution in [0.25, 0.3) is 0 Å². The molecule has 1 fully saturated rings. The number of hydrogen-bond acceptors (Lipinski definition) is 4. The van der Waals surface area contributed by atoms with Gasteiger partial charge >= 0.3 is 0 Å². The number of nitrogens with one attached hydrogen (secondary N) is 1. The number of anilines is 1. The zero-order valence-electron chi connectivity index (χ0n) is 12.5. The highest BCUT2D eigenvalue weighted by Gasteiger charge is 2.18. The van der Waals surface area contributed by atoms with Crippen LogP contribution in [0.1, 0.15) is 38.0 Å². The molecular weight excluding hydrogens is 270 g/mol. The van der Waals surface area contributed by atoms with Crippen LogP contribution in [0.3, 0.4) is 0 Å². The van der Waals surface area contributed by atoms with Crippen LogP contribution in [0.5, 0.6) is 0 Å². The normalized spacial score (nSPS) is 15.3. The molecule has 1 amide bonds. The molecule has 1 aromatic rings. The molecule has 1 aromatic carbocycles. The zero-order valence-corrected chi connectivity index (χ0v) is 12.5. The van der Waals surface area contributed by atoms with Crippen LogP contribution >= 0.6 is 0 Å². The van der Waals surface area contributed by atoms with Crippen molar-refractivity contribution in [1.29, 1.82) is 0 Å². The Morgan fingerprint density at radius 2 is 2.14 bits per heavy atom. The van der Waals surface area contributed by atoms with Crippen molar-refractivity contribution in [3.05, 3.63) is 29.8 Å². The predicted octanol–water partition coefficient (Wildman–Crippen LogP) is 2.88. The molecule has 0 aliphatic carbocycles. The smallest absolute Gasteiger partial charge is 0.250 e. The van der Waals surface area contributed by atoms with E-state index < -0.39 is 0 Å². The molecule has 1 aliphatic heterocycles. The van der Waals surface area contributed by atoms with Gasteiger partial charge in [-0.25, -0.2) is 0 Å². The molecular formula is C16H23NO4. The number of ether oxygens (including phenoxy) is 3. The minimum atomic E-state index is -0.327. The van der Waals surface area contributed by atoms with Crippen LogP contribution in [0.15, 0.2) is 24.3 Å². The molecule has 1 N–H and O–H groups in total. The highest BCUT2D eigenvalue weighted by atomic mass is 16.7. The van der Waals surface area contributed by atoms with Crippen LogP contribution in [0, 0.1) is 0 Å². The SMILES string of the molecule is CCCCCOCC(=O)Nc1cccc(C2OCCO2)c1. The summed E-state index contributed by atoms with van der Waals surface area (Å²) >= 11 is 0. The third-order valence-corrected chi connectivity index (χ3v) is 3.19. The van der Waals surface area contributed by atoms with Crippen LogP contribution in [0.4, 0.5) is 5.69 Å². The summed E-state index contributed by atoms with van der Waals surface area (Å²) in [5.41, 5.74) is 1.64. The van der Waals surface area contributed by atoms with E-state index in [1.807, 2.05) is 24.3 Å². The van der Waals surface area contributed by atoms with Crippen LogP contribution in [-0.4, -0.2) is 32.3 Å². The monoisotopic (exact) mass is 293 g/mol. The lowest BCUT2D eigenvalue weighted by molar-refractivity contribution is -0.120. The van der Waals surface area contributed by atoms with E-state index in [0.29, 0.717) is 19.8 Å². The number of carbonyl (C=O) groups excluding carboxylic acids is 1. The number of carbonyl (C=O) groups is 1. The molecule has 0 atom stereocenters. The van der Waals surface area contributed by atoms with Gasteiger partial charge in [-0.2, -0.15) is 0 Å². The quantitative estimate of drug-likeness (QED) is 0.749. The fourth-order valence-corrected chi connectivity index (χ4v) is 2.13. The second-order valence-corrected chi connectivity index (χ2v) is 5.01. The summed E-state index contributed by atoms with van der Waals surface area (Å²) in [5.74, 6) is -0.142. The van der Waals surface area contributed by atoms with Gasteiger partial charge in [0, 0.05) is 17.9 Å². The summed E-state index contributed by atoms with van der Waals surface area (Å²) in [5, 5.41) is 2.82. The standard InChI is InChI=1S/C16H23NO4/c1-2-3-4-8-19-12-15(18)17-14-7-5-6-13(11-14)16-20-9-10-21-16/h5-7,11,16H,2-4,8-10,12H2,1H3,(H,17,18). The van der Waals surface area contributed by atoms with Crippen molar-refractivity contribution >= 4 is 11.6 Å². The van der Waals surface area contributed by atoms with E-state index in [2.05, 4.69) is 12.2 Å². The lowest BCUT2D eigenvalue weighted by Gasteiger charge is -2.11. The minimum absolute atomic E-state index is 0.0877. The van der Waals surface area contributed by atoms with Crippen LogP contribution < -0.4 is 5.32 Å². The van der Waals surface area contributed by atoms with Gasteiger partial charge in [0.2, 0.25) is 5.91 Å². The van der Waals surface area contributed by atoms with Gasteiger partial charge in [0.1, 0.15) is 6.61 Å². The van der Waals surface area contributed by atoms with Crippen molar-refractivity contribution in [2.75, 3.05) is 31.7 Å². The van der Waals surface area contributed by atoms with E-state index in [-0.39, 0.29) is 18.8 Å². The third-order valence-electron chi connectivity index (χ3n) is 3.19. The summed E-state index contributed by atoms with van der Waals surface area (Å²) in [6.45, 7) is 4.06. The van der Waals surface area contributed by atoms with Gasteiger partial charge in [0.05, 0.1) is 13.2 Å². The highest BCUT2D eigenvalue weighted by Crippen LogP contribution is 2.25. The van der Waals surface area contributed by atoms with Gasteiger partial charge in [0.25, 0.3) is 0 Å². The van der Waals surface area contributed by atoms with E-state index in [9.17, 15) is 4.79 Å². The summed E-state index contributed by atoms with van der Waals surface area (Å²) in [4.78, 5) is 11.8. The fraction of sp³-hybridized carbons (Fsp3) is 0.562. The molecule has 0 spiro atoms. The predicted molar refractivity (Wildman–Crippen MR) is 80.1 cm³/mol. The summed E-state index contributed by atoms with van der Waals surface area (Å²) < 4.78 is 16.2. The summed E-state index contributed by atoms with van der Waals surface area (Å²) in [7, 11) is 0. The molecule has 0 aromatic heterocycles. The average molecular weight is 293 g/mol. The summed E-state index contributed by atoms with van der Waals surface area (Å²) in [6.07, 6.45) is 2.95. The number of amides is 1. The molecule has 5 nitrogen and oxygen atoms in total. The average Bonchev–Trinajstić information content (AvgIpc) is 3.01. The molecule has 0 unspecified atom stereocenters. The lowest BCUT2D eigenvalue weighted by Crippen LogP contribution is -2.18. The maximum atomic E-state index is 11.8. The Balaban J connectivity index is 1.76. The molecule has 0 bridgehead atoms. The van der Waals surface area contributed by atoms with Crippen molar-refractivity contribution in [3.63, 3.8) is 0 Å². The number of unbranched alkanes of at least 4 members (excludes halogenated alkanes) is 2. The van der Waals surface area contributed by atoms with E-state index in [1.165, 1.54) is 0 Å². The fourth-order valence-electron chi connectivity index (χ4n) is 2.13. The molecule has 1 aliphatic rings. The molecule has 21 heavy (non-hydrogen) atoms. The van der Waals surface area contributed by atoms with E-state index >= 15 is 0 Å². The highest BCUT2D eigenvalue weighted by molar-refractivity contribution is 5.91. The first-order valence-electron chi connectivity index (χ1n) is 7.50. The van der Waals surface area contributed by atoms with Crippen molar-refractivity contribution in [2.45, 2.75) is 32.5 Å². The topological polar surface area (TPSA) is 56.8 Å². The molecule has 1 heterocycles. The molecule has 0 saturated carbocycles. The van der Waals surface area contributed by atoms with Gasteiger partial charge in [0.15, 0.2) is 6.29 Å². The van der Waals surface area contributed by atoms with Gasteiger partial charge in [-0.05, 0) is 18.6 Å². The Morgan fingerprint density at radius 1 is 1.33 bits per heavy atom. The number of benzene rings is 1. The largest absolute Gasteiger partial charge is 0.372 e. The van der Waals surface area contributed by atoms with Gasteiger partial charge < -0.3 is 19.5 Å². The Hall–Kier alpha value is -1.43. The van der Waals surface area contributed by atoms with Crippen molar-refractivity contribution in [3.8, 4) is 0 Å². The second kappa shape index (κ2) is 8.77. The summed E-state index contributed by atoms with van der Waals surface area (Å²) in [6, 6.07) is 7.50. The zero-order chi connectivity index (χ0) is 14.9.